The number of nitrogens with zero attached hydrogens (tertiary/aromatic N) is 1. The molecule has 0 spiro atoms. The number of likely N-dealkylation sites (N-methyl/N-ethyl adjacent to an activating group) is 1. The van der Waals surface area contributed by atoms with Crippen molar-refractivity contribution >= 4 is 5.97 Å². The third-order valence-corrected chi connectivity index (χ3v) is 4.12. The van der Waals surface area contributed by atoms with Crippen molar-refractivity contribution in [3.05, 3.63) is 29.8 Å². The van der Waals surface area contributed by atoms with Crippen LogP contribution in [0.4, 0.5) is 0 Å². The first-order valence-corrected chi connectivity index (χ1v) is 7.77. The van der Waals surface area contributed by atoms with Gasteiger partial charge in [0, 0.05) is 18.7 Å². The molecule has 1 saturated heterocycles. The number of hydrogen-bond acceptors (Lipinski definition) is 5. The Morgan fingerprint density at radius 1 is 1.45 bits per heavy atom. The smallest absolute Gasteiger partial charge is 0.325 e. The van der Waals surface area contributed by atoms with Gasteiger partial charge in [-0.3, -0.25) is 15.0 Å². The quantitative estimate of drug-likeness (QED) is 0.604. The second kappa shape index (κ2) is 8.12. The van der Waals surface area contributed by atoms with Crippen LogP contribution in [0.15, 0.2) is 24.3 Å². The summed E-state index contributed by atoms with van der Waals surface area (Å²) in [6.07, 6.45) is 3.93. The average molecular weight is 307 g/mol. The first-order chi connectivity index (χ1) is 10.6. The molecule has 22 heavy (non-hydrogen) atoms. The molecule has 6 nitrogen and oxygen atoms in total. The molecular weight excluding hydrogens is 282 g/mol. The van der Waals surface area contributed by atoms with Crippen molar-refractivity contribution < 1.29 is 15.0 Å². The zero-order valence-corrected chi connectivity index (χ0v) is 13.0. The topological polar surface area (TPSA) is 84.8 Å². The first-order valence-electron chi connectivity index (χ1n) is 7.77. The Morgan fingerprint density at radius 2 is 2.23 bits per heavy atom. The van der Waals surface area contributed by atoms with Gasteiger partial charge in [-0.2, -0.15) is 0 Å². The number of aliphatic carboxylic acids is 1. The SMILES string of the molecule is CN(CCNC(C(=O)O)c1ccccc1O)C1CCCCN1. The van der Waals surface area contributed by atoms with Crippen molar-refractivity contribution in [1.82, 2.24) is 15.5 Å². The van der Waals surface area contributed by atoms with Crippen molar-refractivity contribution in [2.45, 2.75) is 31.5 Å². The Balaban J connectivity index is 1.87. The molecule has 0 saturated carbocycles. The van der Waals surface area contributed by atoms with Crippen LogP contribution in [0.3, 0.4) is 0 Å². The minimum Gasteiger partial charge on any atom is -0.508 e. The molecule has 1 aliphatic rings. The lowest BCUT2D eigenvalue weighted by Crippen LogP contribution is -2.48. The molecule has 122 valence electrons. The zero-order chi connectivity index (χ0) is 15.9. The fourth-order valence-corrected chi connectivity index (χ4v) is 2.81. The summed E-state index contributed by atoms with van der Waals surface area (Å²) in [5, 5.41) is 25.7. The number of piperidine rings is 1. The van der Waals surface area contributed by atoms with E-state index in [-0.39, 0.29) is 5.75 Å². The maximum Gasteiger partial charge on any atom is 0.325 e. The summed E-state index contributed by atoms with van der Waals surface area (Å²) in [5.41, 5.74) is 0.397. The van der Waals surface area contributed by atoms with Gasteiger partial charge in [-0.25, -0.2) is 0 Å². The van der Waals surface area contributed by atoms with E-state index < -0.39 is 12.0 Å². The van der Waals surface area contributed by atoms with Crippen LogP contribution in [-0.2, 0) is 4.79 Å². The molecule has 2 unspecified atom stereocenters. The Kier molecular flexibility index (Phi) is 6.18. The fraction of sp³-hybridized carbons (Fsp3) is 0.562. The number of carbonyl (C=O) groups is 1. The summed E-state index contributed by atoms with van der Waals surface area (Å²) in [6.45, 7) is 2.33. The van der Waals surface area contributed by atoms with Crippen LogP contribution in [0.2, 0.25) is 0 Å². The van der Waals surface area contributed by atoms with E-state index >= 15 is 0 Å². The molecule has 1 aromatic carbocycles. The highest BCUT2D eigenvalue weighted by Crippen LogP contribution is 2.23. The van der Waals surface area contributed by atoms with Gasteiger partial charge in [0.25, 0.3) is 0 Å². The molecule has 0 radical (unpaired) electrons. The zero-order valence-electron chi connectivity index (χ0n) is 13.0. The number of benzene rings is 1. The normalized spacial score (nSPS) is 20.0. The molecule has 4 N–H and O–H groups in total. The molecule has 1 aliphatic heterocycles. The van der Waals surface area contributed by atoms with Gasteiger partial charge < -0.3 is 15.5 Å². The second-order valence-electron chi connectivity index (χ2n) is 5.73. The third kappa shape index (κ3) is 4.43. The maximum atomic E-state index is 11.4. The van der Waals surface area contributed by atoms with Crippen LogP contribution in [-0.4, -0.2) is 53.9 Å². The molecule has 0 amide bonds. The number of para-hydroxylation sites is 1. The molecule has 2 atom stereocenters. The number of phenols is 1. The Morgan fingerprint density at radius 3 is 2.86 bits per heavy atom. The highest BCUT2D eigenvalue weighted by atomic mass is 16.4. The van der Waals surface area contributed by atoms with E-state index in [1.165, 1.54) is 18.9 Å². The van der Waals surface area contributed by atoms with E-state index in [1.807, 2.05) is 7.05 Å². The molecule has 2 rings (SSSR count). The summed E-state index contributed by atoms with van der Waals surface area (Å²) in [7, 11) is 2.04. The average Bonchev–Trinajstić information content (AvgIpc) is 2.53. The van der Waals surface area contributed by atoms with Gasteiger partial charge in [0.05, 0.1) is 6.17 Å². The van der Waals surface area contributed by atoms with Crippen molar-refractivity contribution in [2.24, 2.45) is 0 Å². The predicted octanol–water partition coefficient (Wildman–Crippen LogP) is 1.14. The summed E-state index contributed by atoms with van der Waals surface area (Å²) in [6, 6.07) is 5.65. The van der Waals surface area contributed by atoms with E-state index in [4.69, 9.17) is 0 Å². The summed E-state index contributed by atoms with van der Waals surface area (Å²) in [5.74, 6) is -0.982. The number of nitrogens with one attached hydrogen (secondary N) is 2. The number of hydrogen-bond donors (Lipinski definition) is 4. The summed E-state index contributed by atoms with van der Waals surface area (Å²) in [4.78, 5) is 13.6. The minimum absolute atomic E-state index is 0.00435. The Hall–Kier alpha value is -1.63. The first kappa shape index (κ1) is 16.7. The number of carboxylic acids is 1. The van der Waals surface area contributed by atoms with Crippen LogP contribution >= 0.6 is 0 Å². The third-order valence-electron chi connectivity index (χ3n) is 4.12. The molecule has 1 aromatic rings. The largest absolute Gasteiger partial charge is 0.508 e. The van der Waals surface area contributed by atoms with Crippen molar-refractivity contribution in [3.63, 3.8) is 0 Å². The van der Waals surface area contributed by atoms with E-state index in [1.54, 1.807) is 18.2 Å². The van der Waals surface area contributed by atoms with Crippen LogP contribution in [0.1, 0.15) is 30.9 Å². The second-order valence-corrected chi connectivity index (χ2v) is 5.73. The van der Waals surface area contributed by atoms with E-state index in [0.29, 0.717) is 18.3 Å². The Labute approximate surface area is 131 Å². The van der Waals surface area contributed by atoms with E-state index in [9.17, 15) is 15.0 Å². The molecular formula is C16H25N3O3. The standard InChI is InChI=1S/C16H25N3O3/c1-19(14-8-4-5-9-17-14)11-10-18-15(16(21)22)12-6-2-3-7-13(12)20/h2-3,6-7,14-15,17-18,20H,4-5,8-11H2,1H3,(H,21,22). The summed E-state index contributed by atoms with van der Waals surface area (Å²) >= 11 is 0. The number of aromatic hydroxyl groups is 1. The Bertz CT molecular complexity index is 489. The maximum absolute atomic E-state index is 11.4. The van der Waals surface area contributed by atoms with Gasteiger partial charge in [-0.15, -0.1) is 0 Å². The number of rotatable bonds is 7. The van der Waals surface area contributed by atoms with Crippen LogP contribution < -0.4 is 10.6 Å². The molecule has 0 bridgehead atoms. The van der Waals surface area contributed by atoms with E-state index in [2.05, 4.69) is 15.5 Å². The highest BCUT2D eigenvalue weighted by Gasteiger charge is 2.23. The van der Waals surface area contributed by atoms with Gasteiger partial charge in [-0.1, -0.05) is 18.2 Å². The van der Waals surface area contributed by atoms with Gasteiger partial charge in [-0.05, 0) is 38.9 Å². The van der Waals surface area contributed by atoms with Crippen molar-refractivity contribution in [2.75, 3.05) is 26.7 Å². The van der Waals surface area contributed by atoms with Gasteiger partial charge in [0.2, 0.25) is 0 Å². The molecule has 1 heterocycles. The van der Waals surface area contributed by atoms with Gasteiger partial charge in [0.1, 0.15) is 11.8 Å². The van der Waals surface area contributed by atoms with Crippen LogP contribution in [0.5, 0.6) is 5.75 Å². The monoisotopic (exact) mass is 307 g/mol. The molecule has 1 fully saturated rings. The van der Waals surface area contributed by atoms with E-state index in [0.717, 1.165) is 19.5 Å². The minimum atomic E-state index is -0.986. The lowest BCUT2D eigenvalue weighted by molar-refractivity contribution is -0.139. The predicted molar refractivity (Wildman–Crippen MR) is 84.8 cm³/mol. The van der Waals surface area contributed by atoms with Crippen LogP contribution in [0, 0.1) is 0 Å². The highest BCUT2D eigenvalue weighted by molar-refractivity contribution is 5.76. The molecule has 0 aromatic heterocycles. The van der Waals surface area contributed by atoms with Crippen molar-refractivity contribution in [3.8, 4) is 5.75 Å². The molecule has 6 heteroatoms. The lowest BCUT2D eigenvalue weighted by Gasteiger charge is -2.32. The van der Waals surface area contributed by atoms with Crippen molar-refractivity contribution in [1.29, 1.82) is 0 Å². The van der Waals surface area contributed by atoms with Gasteiger partial charge >= 0.3 is 5.97 Å². The lowest BCUT2D eigenvalue weighted by atomic mass is 10.1. The fourth-order valence-electron chi connectivity index (χ4n) is 2.81. The van der Waals surface area contributed by atoms with Gasteiger partial charge in [0.15, 0.2) is 0 Å². The summed E-state index contributed by atoms with van der Waals surface area (Å²) < 4.78 is 0. The number of phenolic OH excluding ortho intramolecular Hbond substituents is 1. The van der Waals surface area contributed by atoms with Crippen LogP contribution in [0.25, 0.3) is 0 Å². The molecule has 0 aliphatic carbocycles. The number of carboxylic acid groups (broad SMARTS) is 1.